The summed E-state index contributed by atoms with van der Waals surface area (Å²) in [7, 11) is 0. The minimum Gasteiger partial charge on any atom is -0.490 e. The van der Waals surface area contributed by atoms with Crippen molar-refractivity contribution in [1.29, 1.82) is 0 Å². The maximum atomic E-state index is 14.9. The molecule has 0 saturated carbocycles. The molecule has 4 aromatic rings. The Morgan fingerprint density at radius 1 is 0.463 bits per heavy atom. The predicted molar refractivity (Wildman–Crippen MR) is 176 cm³/mol. The zero-order valence-corrected chi connectivity index (χ0v) is 27.7. The molecular weight excluding hydrogens is 742 g/mol. The second-order valence-electron chi connectivity index (χ2n) is 11.2. The molecule has 0 spiro atoms. The zero-order valence-electron chi connectivity index (χ0n) is 27.7. The number of halogens is 10. The molecule has 286 valence electrons. The average Bonchev–Trinajstić information content (AvgIpc) is 3.14. The number of benzene rings is 4. The van der Waals surface area contributed by atoms with Crippen LogP contribution in [-0.4, -0.2) is 50.7 Å². The quantitative estimate of drug-likeness (QED) is 0.0519. The van der Waals surface area contributed by atoms with Crippen LogP contribution in [0.2, 0.25) is 0 Å². The van der Waals surface area contributed by atoms with E-state index in [9.17, 15) is 53.5 Å². The Labute approximate surface area is 301 Å². The zero-order chi connectivity index (χ0) is 39.9. The minimum atomic E-state index is -6.11. The highest BCUT2D eigenvalue weighted by molar-refractivity contribution is 5.82. The van der Waals surface area contributed by atoms with E-state index in [1.54, 1.807) is 0 Å². The SMILES string of the molecule is C=CC(=O)OCCOc1ccc(-c2cc(-c3cc(-c4ccc(OCCOC(=O)C=C)cc4)cc(C(F)(F)C(F)(F)F)c3)cc(C(F)(F)C(F)(F)F)c2)cc1. The van der Waals surface area contributed by atoms with Crippen LogP contribution in [-0.2, 0) is 30.9 Å². The Bertz CT molecular complexity index is 1830. The topological polar surface area (TPSA) is 71.1 Å². The molecule has 0 unspecified atom stereocenters. The van der Waals surface area contributed by atoms with Gasteiger partial charge < -0.3 is 18.9 Å². The van der Waals surface area contributed by atoms with Crippen LogP contribution in [0.3, 0.4) is 0 Å². The molecule has 6 nitrogen and oxygen atoms in total. The van der Waals surface area contributed by atoms with Gasteiger partial charge in [0.25, 0.3) is 0 Å². The van der Waals surface area contributed by atoms with E-state index in [1.807, 2.05) is 0 Å². The lowest BCUT2D eigenvalue weighted by atomic mass is 9.90. The van der Waals surface area contributed by atoms with E-state index in [-0.39, 0.29) is 60.2 Å². The van der Waals surface area contributed by atoms with Crippen molar-refractivity contribution in [2.24, 2.45) is 0 Å². The van der Waals surface area contributed by atoms with Gasteiger partial charge in [0.05, 0.1) is 0 Å². The van der Waals surface area contributed by atoms with E-state index < -0.39 is 58.4 Å². The van der Waals surface area contributed by atoms with Gasteiger partial charge in [-0.15, -0.1) is 0 Å². The molecule has 0 atom stereocenters. The molecule has 0 heterocycles. The standard InChI is InChI=1S/C38H28F10O6/c1-3-33(49)53-15-13-51-31-9-5-23(6-10-31)25-17-27(21-29(19-25)35(39,40)37(43,44)45)28-18-26(20-30(22-28)36(41,42)38(46,47)48)24-7-11-32(12-8-24)52-14-16-54-34(50)4-2/h3-12,17-22H,1-2,13-16H2. The Morgan fingerprint density at radius 2 is 0.759 bits per heavy atom. The van der Waals surface area contributed by atoms with Crippen molar-refractivity contribution in [1.82, 2.24) is 0 Å². The highest BCUT2D eigenvalue weighted by Crippen LogP contribution is 2.48. The van der Waals surface area contributed by atoms with E-state index >= 15 is 0 Å². The van der Waals surface area contributed by atoms with Crippen LogP contribution in [0.25, 0.3) is 33.4 Å². The molecule has 16 heteroatoms. The second kappa shape index (κ2) is 16.5. The van der Waals surface area contributed by atoms with Crippen molar-refractivity contribution in [3.8, 4) is 44.9 Å². The lowest BCUT2D eigenvalue weighted by molar-refractivity contribution is -0.289. The fraction of sp³-hybridized carbons (Fsp3) is 0.211. The van der Waals surface area contributed by atoms with E-state index in [2.05, 4.69) is 13.2 Å². The Hall–Kier alpha value is -5.80. The number of hydrogen-bond donors (Lipinski definition) is 0. The summed E-state index contributed by atoms with van der Waals surface area (Å²) < 4.78 is 161. The summed E-state index contributed by atoms with van der Waals surface area (Å²) in [5.74, 6) is -12.0. The highest BCUT2D eigenvalue weighted by atomic mass is 19.4. The van der Waals surface area contributed by atoms with Gasteiger partial charge in [0.15, 0.2) is 0 Å². The molecule has 54 heavy (non-hydrogen) atoms. The third-order valence-electron chi connectivity index (χ3n) is 7.54. The average molecular weight is 771 g/mol. The van der Waals surface area contributed by atoms with Crippen molar-refractivity contribution < 1.29 is 72.4 Å². The molecule has 0 aliphatic carbocycles. The third-order valence-corrected chi connectivity index (χ3v) is 7.54. The number of hydrogen-bond acceptors (Lipinski definition) is 6. The summed E-state index contributed by atoms with van der Waals surface area (Å²) >= 11 is 0. The maximum Gasteiger partial charge on any atom is 0.458 e. The van der Waals surface area contributed by atoms with Crippen LogP contribution in [0, 0.1) is 0 Å². The molecule has 0 N–H and O–H groups in total. The van der Waals surface area contributed by atoms with Crippen LogP contribution in [0.5, 0.6) is 11.5 Å². The van der Waals surface area contributed by atoms with Gasteiger partial charge in [0.2, 0.25) is 0 Å². The normalized spacial score (nSPS) is 12.1. The van der Waals surface area contributed by atoms with Crippen molar-refractivity contribution >= 4 is 11.9 Å². The molecule has 0 radical (unpaired) electrons. The monoisotopic (exact) mass is 770 g/mol. The number of ether oxygens (including phenoxy) is 4. The van der Waals surface area contributed by atoms with Gasteiger partial charge in [0, 0.05) is 23.3 Å². The van der Waals surface area contributed by atoms with Gasteiger partial charge in [0.1, 0.15) is 37.9 Å². The summed E-state index contributed by atoms with van der Waals surface area (Å²) in [6, 6.07) is 14.3. The molecule has 0 aliphatic heterocycles. The lowest BCUT2D eigenvalue weighted by Crippen LogP contribution is -2.34. The van der Waals surface area contributed by atoms with E-state index in [0.29, 0.717) is 24.3 Å². The number of rotatable bonds is 15. The summed E-state index contributed by atoms with van der Waals surface area (Å²) in [5.41, 5.74) is -4.73. The van der Waals surface area contributed by atoms with Gasteiger partial charge >= 0.3 is 36.1 Å². The molecule has 0 fully saturated rings. The van der Waals surface area contributed by atoms with Gasteiger partial charge in [-0.1, -0.05) is 37.4 Å². The first-order chi connectivity index (χ1) is 25.3. The maximum absolute atomic E-state index is 14.9. The largest absolute Gasteiger partial charge is 0.490 e. The fourth-order valence-electron chi connectivity index (χ4n) is 4.82. The van der Waals surface area contributed by atoms with Crippen LogP contribution < -0.4 is 9.47 Å². The van der Waals surface area contributed by atoms with Gasteiger partial charge in [-0.25, -0.2) is 9.59 Å². The molecule has 4 rings (SSSR count). The van der Waals surface area contributed by atoms with Crippen molar-refractivity contribution in [3.05, 3.63) is 121 Å². The molecule has 0 aliphatic rings. The van der Waals surface area contributed by atoms with Gasteiger partial charge in [-0.2, -0.15) is 43.9 Å². The Morgan fingerprint density at radius 3 is 1.04 bits per heavy atom. The summed E-state index contributed by atoms with van der Waals surface area (Å²) in [4.78, 5) is 22.3. The summed E-state index contributed by atoms with van der Waals surface area (Å²) in [6.45, 7) is 5.93. The Kier molecular flexibility index (Phi) is 12.5. The van der Waals surface area contributed by atoms with Crippen LogP contribution in [0.15, 0.2) is 110 Å². The summed E-state index contributed by atoms with van der Waals surface area (Å²) in [5, 5.41) is 0. The highest BCUT2D eigenvalue weighted by Gasteiger charge is 2.60. The number of esters is 2. The molecule has 0 amide bonds. The predicted octanol–water partition coefficient (Wildman–Crippen LogP) is 10.2. The second-order valence-corrected chi connectivity index (χ2v) is 11.2. The smallest absolute Gasteiger partial charge is 0.458 e. The first-order valence-electron chi connectivity index (χ1n) is 15.5. The van der Waals surface area contributed by atoms with Crippen LogP contribution in [0.4, 0.5) is 43.9 Å². The van der Waals surface area contributed by atoms with Crippen LogP contribution in [0.1, 0.15) is 11.1 Å². The first-order valence-corrected chi connectivity index (χ1v) is 15.5. The minimum absolute atomic E-state index is 0.0494. The van der Waals surface area contributed by atoms with E-state index in [1.165, 1.54) is 48.5 Å². The van der Waals surface area contributed by atoms with Crippen LogP contribution >= 0.6 is 0 Å². The van der Waals surface area contributed by atoms with Crippen molar-refractivity contribution in [2.75, 3.05) is 26.4 Å². The van der Waals surface area contributed by atoms with E-state index in [0.717, 1.165) is 24.3 Å². The van der Waals surface area contributed by atoms with Gasteiger partial charge in [-0.05, 0) is 94.0 Å². The molecule has 0 saturated heterocycles. The number of carbonyl (C=O) groups excluding carboxylic acids is 2. The summed E-state index contributed by atoms with van der Waals surface area (Å²) in [6.07, 6.45) is -10.3. The number of carbonyl (C=O) groups is 2. The number of alkyl halides is 10. The first kappa shape index (κ1) is 41.0. The van der Waals surface area contributed by atoms with Crippen molar-refractivity contribution in [2.45, 2.75) is 24.2 Å². The van der Waals surface area contributed by atoms with E-state index in [4.69, 9.17) is 18.9 Å². The van der Waals surface area contributed by atoms with Gasteiger partial charge in [-0.3, -0.25) is 0 Å². The molecule has 0 aromatic heterocycles. The third kappa shape index (κ3) is 9.79. The molecule has 0 bridgehead atoms. The molecular formula is C38H28F10O6. The fourth-order valence-corrected chi connectivity index (χ4v) is 4.82. The Balaban J connectivity index is 1.80. The lowest BCUT2D eigenvalue weighted by Gasteiger charge is -2.23. The molecule has 4 aromatic carbocycles. The van der Waals surface area contributed by atoms with Crippen molar-refractivity contribution in [3.63, 3.8) is 0 Å².